The minimum atomic E-state index is -1.01. The highest BCUT2D eigenvalue weighted by molar-refractivity contribution is 6.30. The number of ether oxygens (including phenoxy) is 1. The maximum atomic E-state index is 14.0. The Kier molecular flexibility index (Phi) is 7.40. The Morgan fingerprint density at radius 3 is 2.06 bits per heavy atom. The molecule has 6 nitrogen and oxygen atoms in total. The van der Waals surface area contributed by atoms with Crippen LogP contribution in [0.15, 0.2) is 54.6 Å². The first-order valence-electron chi connectivity index (χ1n) is 12.7. The highest BCUT2D eigenvalue weighted by atomic mass is 35.5. The SMILES string of the molecule is C[C@@H]1CN(C(=O)[C@H]2CN(C(=O)OC(C)(C)C)C[C@H]2c2ccc(Cl)cc2)C[C@H](C)C1(O)c1ccccc1. The highest BCUT2D eigenvalue weighted by Gasteiger charge is 2.49. The first kappa shape index (κ1) is 26.5. The van der Waals surface area contributed by atoms with Crippen LogP contribution in [0.4, 0.5) is 4.79 Å². The lowest BCUT2D eigenvalue weighted by molar-refractivity contribution is -0.152. The van der Waals surface area contributed by atoms with Crippen molar-refractivity contribution in [1.82, 2.24) is 9.80 Å². The van der Waals surface area contributed by atoms with Gasteiger partial charge in [-0.25, -0.2) is 4.79 Å². The molecule has 1 unspecified atom stereocenters. The number of hydrogen-bond donors (Lipinski definition) is 1. The van der Waals surface area contributed by atoms with E-state index in [0.29, 0.717) is 31.2 Å². The maximum absolute atomic E-state index is 14.0. The second kappa shape index (κ2) is 10.1. The van der Waals surface area contributed by atoms with Crippen LogP contribution in [-0.4, -0.2) is 58.7 Å². The molecule has 0 aromatic heterocycles. The summed E-state index contributed by atoms with van der Waals surface area (Å²) in [6, 6.07) is 17.2. The molecule has 2 fully saturated rings. The molecule has 2 aliphatic heterocycles. The number of aliphatic hydroxyl groups is 1. The van der Waals surface area contributed by atoms with E-state index in [4.69, 9.17) is 16.3 Å². The first-order valence-corrected chi connectivity index (χ1v) is 13.1. The summed E-state index contributed by atoms with van der Waals surface area (Å²) in [4.78, 5) is 30.4. The molecule has 0 radical (unpaired) electrons. The molecule has 2 amide bonds. The zero-order valence-electron chi connectivity index (χ0n) is 21.8. The van der Waals surface area contributed by atoms with Gasteiger partial charge in [-0.2, -0.15) is 0 Å². The number of amides is 2. The second-order valence-electron chi connectivity index (χ2n) is 11.4. The fraction of sp³-hybridized carbons (Fsp3) is 0.517. The molecule has 194 valence electrons. The molecule has 5 atom stereocenters. The molecule has 4 rings (SSSR count). The van der Waals surface area contributed by atoms with Crippen LogP contribution in [0.5, 0.6) is 0 Å². The van der Waals surface area contributed by atoms with Crippen molar-refractivity contribution in [3.05, 3.63) is 70.7 Å². The van der Waals surface area contributed by atoms with Crippen molar-refractivity contribution in [2.75, 3.05) is 26.2 Å². The van der Waals surface area contributed by atoms with Gasteiger partial charge in [-0.3, -0.25) is 4.79 Å². The van der Waals surface area contributed by atoms with Crippen molar-refractivity contribution in [2.24, 2.45) is 17.8 Å². The Morgan fingerprint density at radius 2 is 1.50 bits per heavy atom. The minimum Gasteiger partial charge on any atom is -0.444 e. The van der Waals surface area contributed by atoms with Crippen LogP contribution in [-0.2, 0) is 15.1 Å². The number of rotatable bonds is 3. The van der Waals surface area contributed by atoms with Gasteiger partial charge in [0.2, 0.25) is 5.91 Å². The standard InChI is InChI=1S/C29H37ClN2O4/c1-19-15-31(16-20(2)29(19,35)22-9-7-6-8-10-22)26(33)25-18-32(27(34)36-28(3,4)5)17-24(25)21-11-13-23(30)14-12-21/h6-14,19-20,24-25,35H,15-18H2,1-5H3/t19-,20+,24-,25-,29?/m0/s1. The van der Waals surface area contributed by atoms with Gasteiger partial charge in [0.1, 0.15) is 5.60 Å². The summed E-state index contributed by atoms with van der Waals surface area (Å²) in [7, 11) is 0. The van der Waals surface area contributed by atoms with E-state index in [2.05, 4.69) is 0 Å². The molecule has 0 bridgehead atoms. The number of hydrogen-bond acceptors (Lipinski definition) is 4. The van der Waals surface area contributed by atoms with Gasteiger partial charge < -0.3 is 19.6 Å². The van der Waals surface area contributed by atoms with Crippen molar-refractivity contribution < 1.29 is 19.4 Å². The van der Waals surface area contributed by atoms with E-state index >= 15 is 0 Å². The fourth-order valence-corrected chi connectivity index (χ4v) is 5.89. The summed E-state index contributed by atoms with van der Waals surface area (Å²) < 4.78 is 5.62. The first-order chi connectivity index (χ1) is 16.9. The third-order valence-electron chi connectivity index (χ3n) is 7.63. The molecule has 2 heterocycles. The number of nitrogens with zero attached hydrogens (tertiary/aromatic N) is 2. The molecular formula is C29H37ClN2O4. The molecule has 36 heavy (non-hydrogen) atoms. The van der Waals surface area contributed by atoms with Gasteiger partial charge in [-0.1, -0.05) is 67.9 Å². The Bertz CT molecular complexity index is 1070. The minimum absolute atomic E-state index is 0.00909. The van der Waals surface area contributed by atoms with Crippen LogP contribution in [0.1, 0.15) is 51.7 Å². The topological polar surface area (TPSA) is 70.1 Å². The average molecular weight is 513 g/mol. The third-order valence-corrected chi connectivity index (χ3v) is 7.88. The van der Waals surface area contributed by atoms with Gasteiger partial charge >= 0.3 is 6.09 Å². The molecule has 2 aromatic rings. The quantitative estimate of drug-likeness (QED) is 0.606. The number of likely N-dealkylation sites (tertiary alicyclic amines) is 2. The van der Waals surface area contributed by atoms with Crippen LogP contribution in [0.3, 0.4) is 0 Å². The van der Waals surface area contributed by atoms with Gasteiger partial charge in [0, 0.05) is 49.0 Å². The van der Waals surface area contributed by atoms with Crippen molar-refractivity contribution in [3.63, 3.8) is 0 Å². The van der Waals surface area contributed by atoms with E-state index in [1.165, 1.54) is 0 Å². The van der Waals surface area contributed by atoms with Crippen molar-refractivity contribution in [3.8, 4) is 0 Å². The van der Waals surface area contributed by atoms with Crippen LogP contribution >= 0.6 is 11.6 Å². The van der Waals surface area contributed by atoms with Gasteiger partial charge in [0.05, 0.1) is 11.5 Å². The van der Waals surface area contributed by atoms with Crippen LogP contribution in [0, 0.1) is 17.8 Å². The zero-order valence-corrected chi connectivity index (χ0v) is 22.5. The average Bonchev–Trinajstić information content (AvgIpc) is 3.27. The number of benzene rings is 2. The van der Waals surface area contributed by atoms with E-state index in [-0.39, 0.29) is 23.7 Å². The predicted molar refractivity (Wildman–Crippen MR) is 141 cm³/mol. The van der Waals surface area contributed by atoms with E-state index in [1.54, 1.807) is 4.90 Å². The zero-order chi connectivity index (χ0) is 26.3. The third kappa shape index (κ3) is 5.25. The Labute approximate surface area is 219 Å². The van der Waals surface area contributed by atoms with E-state index in [9.17, 15) is 14.7 Å². The Morgan fingerprint density at radius 1 is 0.917 bits per heavy atom. The summed E-state index contributed by atoms with van der Waals surface area (Å²) in [6.45, 7) is 11.1. The largest absolute Gasteiger partial charge is 0.444 e. The summed E-state index contributed by atoms with van der Waals surface area (Å²) in [5, 5.41) is 12.3. The van der Waals surface area contributed by atoms with Gasteiger partial charge in [0.25, 0.3) is 0 Å². The molecule has 1 N–H and O–H groups in total. The lowest BCUT2D eigenvalue weighted by Gasteiger charge is -2.48. The summed E-state index contributed by atoms with van der Waals surface area (Å²) in [5.74, 6) is -0.853. The van der Waals surface area contributed by atoms with Crippen molar-refractivity contribution >= 4 is 23.6 Å². The van der Waals surface area contributed by atoms with Gasteiger partial charge in [-0.05, 0) is 44.0 Å². The molecule has 2 aliphatic rings. The van der Waals surface area contributed by atoms with Crippen LogP contribution < -0.4 is 0 Å². The van der Waals surface area contributed by atoms with E-state index in [1.807, 2.05) is 94.1 Å². The number of halogens is 1. The van der Waals surface area contributed by atoms with Crippen LogP contribution in [0.2, 0.25) is 5.02 Å². The normalized spacial score (nSPS) is 28.8. The van der Waals surface area contributed by atoms with Crippen molar-refractivity contribution in [1.29, 1.82) is 0 Å². The molecule has 0 spiro atoms. The smallest absolute Gasteiger partial charge is 0.410 e. The number of carbonyl (C=O) groups is 2. The van der Waals surface area contributed by atoms with E-state index in [0.717, 1.165) is 11.1 Å². The summed E-state index contributed by atoms with van der Waals surface area (Å²) in [6.07, 6.45) is -0.407. The summed E-state index contributed by atoms with van der Waals surface area (Å²) in [5.41, 5.74) is 0.233. The van der Waals surface area contributed by atoms with Crippen molar-refractivity contribution in [2.45, 2.75) is 51.7 Å². The molecule has 0 aliphatic carbocycles. The molecular weight excluding hydrogens is 476 g/mol. The fourth-order valence-electron chi connectivity index (χ4n) is 5.77. The monoisotopic (exact) mass is 512 g/mol. The Hall–Kier alpha value is -2.57. The predicted octanol–water partition coefficient (Wildman–Crippen LogP) is 5.29. The van der Waals surface area contributed by atoms with E-state index < -0.39 is 23.2 Å². The molecule has 2 saturated heterocycles. The highest BCUT2D eigenvalue weighted by Crippen LogP contribution is 2.43. The molecule has 2 aromatic carbocycles. The lowest BCUT2D eigenvalue weighted by atomic mass is 9.70. The number of carbonyl (C=O) groups excluding carboxylic acids is 2. The molecule has 0 saturated carbocycles. The van der Waals surface area contributed by atoms with Crippen LogP contribution in [0.25, 0.3) is 0 Å². The van der Waals surface area contributed by atoms with Gasteiger partial charge in [-0.15, -0.1) is 0 Å². The van der Waals surface area contributed by atoms with Gasteiger partial charge in [0.15, 0.2) is 0 Å². The number of piperidine rings is 1. The second-order valence-corrected chi connectivity index (χ2v) is 11.8. The lowest BCUT2D eigenvalue weighted by Crippen LogP contribution is -2.57. The summed E-state index contributed by atoms with van der Waals surface area (Å²) >= 11 is 6.12. The Balaban J connectivity index is 1.57. The maximum Gasteiger partial charge on any atom is 0.410 e. The molecule has 7 heteroatoms.